The highest BCUT2D eigenvalue weighted by molar-refractivity contribution is 6.31. The van der Waals surface area contributed by atoms with Crippen LogP contribution in [0.5, 0.6) is 0 Å². The predicted molar refractivity (Wildman–Crippen MR) is 99.9 cm³/mol. The Morgan fingerprint density at radius 2 is 1.96 bits per heavy atom. The van der Waals surface area contributed by atoms with Gasteiger partial charge in [0.05, 0.1) is 16.9 Å². The summed E-state index contributed by atoms with van der Waals surface area (Å²) in [6.07, 6.45) is 4.65. The standard InChI is InChI=1S/C19H13ClFN5O/c20-12-6-13-14(8-24-18(13)23-7-12)19-25-9-15(21)16(26-19)5-10-1-3-11(4-2-10)17(22)27/h1-4,6-9H,5H2,(H2,22,27)(H,23,24). The Morgan fingerprint density at radius 3 is 2.70 bits per heavy atom. The molecule has 0 saturated heterocycles. The minimum atomic E-state index is -0.511. The van der Waals surface area contributed by atoms with Gasteiger partial charge in [-0.1, -0.05) is 23.7 Å². The molecule has 0 aliphatic rings. The third-order valence-corrected chi connectivity index (χ3v) is 4.37. The molecule has 1 aromatic carbocycles. The van der Waals surface area contributed by atoms with E-state index in [4.69, 9.17) is 17.3 Å². The molecule has 0 fully saturated rings. The number of hydrogen-bond donors (Lipinski definition) is 2. The first-order valence-corrected chi connectivity index (χ1v) is 8.42. The molecule has 0 atom stereocenters. The average Bonchev–Trinajstić information content (AvgIpc) is 3.07. The summed E-state index contributed by atoms with van der Waals surface area (Å²) in [6.45, 7) is 0. The minimum Gasteiger partial charge on any atom is -0.366 e. The van der Waals surface area contributed by atoms with E-state index < -0.39 is 11.7 Å². The highest BCUT2D eigenvalue weighted by Gasteiger charge is 2.14. The van der Waals surface area contributed by atoms with Crippen molar-refractivity contribution in [2.24, 2.45) is 5.73 Å². The van der Waals surface area contributed by atoms with Crippen molar-refractivity contribution in [3.05, 3.63) is 76.6 Å². The number of nitrogens with two attached hydrogens (primary N) is 1. The van der Waals surface area contributed by atoms with Crippen LogP contribution < -0.4 is 5.73 Å². The Balaban J connectivity index is 1.70. The van der Waals surface area contributed by atoms with Crippen molar-refractivity contribution in [1.82, 2.24) is 19.9 Å². The number of nitrogens with one attached hydrogen (secondary N) is 1. The molecular formula is C19H13ClFN5O. The second-order valence-electron chi connectivity index (χ2n) is 5.98. The highest BCUT2D eigenvalue weighted by atomic mass is 35.5. The molecule has 27 heavy (non-hydrogen) atoms. The predicted octanol–water partition coefficient (Wildman–Crippen LogP) is 3.50. The number of carbonyl (C=O) groups excluding carboxylic acids is 1. The lowest BCUT2D eigenvalue weighted by Gasteiger charge is -2.06. The largest absolute Gasteiger partial charge is 0.366 e. The Morgan fingerprint density at radius 1 is 1.19 bits per heavy atom. The molecule has 0 aliphatic carbocycles. The number of aromatic amines is 1. The van der Waals surface area contributed by atoms with E-state index in [0.717, 1.165) is 17.1 Å². The molecule has 0 aliphatic heterocycles. The number of rotatable bonds is 4. The van der Waals surface area contributed by atoms with Crippen molar-refractivity contribution in [1.29, 1.82) is 0 Å². The van der Waals surface area contributed by atoms with Gasteiger partial charge in [-0.25, -0.2) is 19.3 Å². The van der Waals surface area contributed by atoms with E-state index in [1.165, 1.54) is 6.20 Å². The quantitative estimate of drug-likeness (QED) is 0.565. The van der Waals surface area contributed by atoms with Gasteiger partial charge >= 0.3 is 0 Å². The van der Waals surface area contributed by atoms with Crippen LogP contribution in [0.1, 0.15) is 21.6 Å². The lowest BCUT2D eigenvalue weighted by atomic mass is 10.1. The molecule has 8 heteroatoms. The number of aromatic nitrogens is 4. The summed E-state index contributed by atoms with van der Waals surface area (Å²) < 4.78 is 14.2. The summed E-state index contributed by atoms with van der Waals surface area (Å²) in [7, 11) is 0. The number of benzene rings is 1. The maximum Gasteiger partial charge on any atom is 0.248 e. The van der Waals surface area contributed by atoms with E-state index in [1.54, 1.807) is 36.5 Å². The number of hydrogen-bond acceptors (Lipinski definition) is 4. The Bertz CT molecular complexity index is 1160. The third-order valence-electron chi connectivity index (χ3n) is 4.17. The highest BCUT2D eigenvalue weighted by Crippen LogP contribution is 2.27. The van der Waals surface area contributed by atoms with Gasteiger partial charge in [0.2, 0.25) is 5.91 Å². The first-order chi connectivity index (χ1) is 13.0. The van der Waals surface area contributed by atoms with Gasteiger partial charge in [0, 0.05) is 35.3 Å². The van der Waals surface area contributed by atoms with E-state index in [1.807, 2.05) is 0 Å². The molecule has 1 amide bonds. The summed E-state index contributed by atoms with van der Waals surface area (Å²) in [6, 6.07) is 8.40. The second-order valence-corrected chi connectivity index (χ2v) is 6.41. The van der Waals surface area contributed by atoms with Gasteiger partial charge in [-0.2, -0.15) is 0 Å². The van der Waals surface area contributed by atoms with E-state index in [2.05, 4.69) is 19.9 Å². The summed E-state index contributed by atoms with van der Waals surface area (Å²) in [5.41, 5.74) is 8.00. The SMILES string of the molecule is NC(=O)c1ccc(Cc2nc(-c3c[nH]c4ncc(Cl)cc34)ncc2F)cc1. The van der Waals surface area contributed by atoms with Crippen molar-refractivity contribution in [3.63, 3.8) is 0 Å². The zero-order valence-corrected chi connectivity index (χ0v) is 14.7. The van der Waals surface area contributed by atoms with Crippen LogP contribution in [0.15, 0.2) is 48.9 Å². The van der Waals surface area contributed by atoms with Crippen LogP contribution in [0, 0.1) is 5.82 Å². The summed E-state index contributed by atoms with van der Waals surface area (Å²) >= 11 is 6.02. The molecule has 0 saturated carbocycles. The van der Waals surface area contributed by atoms with Crippen molar-refractivity contribution in [3.8, 4) is 11.4 Å². The zero-order chi connectivity index (χ0) is 19.0. The van der Waals surface area contributed by atoms with Crippen LogP contribution >= 0.6 is 11.6 Å². The smallest absolute Gasteiger partial charge is 0.248 e. The number of nitrogens with zero attached hydrogens (tertiary/aromatic N) is 3. The number of primary amides is 1. The Labute approximate surface area is 158 Å². The summed E-state index contributed by atoms with van der Waals surface area (Å²) in [5, 5.41) is 1.24. The van der Waals surface area contributed by atoms with E-state index in [-0.39, 0.29) is 12.1 Å². The molecule has 0 radical (unpaired) electrons. The molecule has 3 N–H and O–H groups in total. The molecule has 0 unspecified atom stereocenters. The Kier molecular flexibility index (Phi) is 4.29. The number of amides is 1. The van der Waals surface area contributed by atoms with Gasteiger partial charge in [0.15, 0.2) is 11.6 Å². The van der Waals surface area contributed by atoms with Gasteiger partial charge in [-0.05, 0) is 23.8 Å². The van der Waals surface area contributed by atoms with Crippen molar-refractivity contribution < 1.29 is 9.18 Å². The van der Waals surface area contributed by atoms with Crippen LogP contribution in [0.4, 0.5) is 4.39 Å². The fraction of sp³-hybridized carbons (Fsp3) is 0.0526. The van der Waals surface area contributed by atoms with Crippen LogP contribution in [-0.2, 0) is 6.42 Å². The molecule has 4 aromatic rings. The number of fused-ring (bicyclic) bond motifs is 1. The average molecular weight is 382 g/mol. The number of carbonyl (C=O) groups is 1. The number of pyridine rings is 1. The lowest BCUT2D eigenvalue weighted by molar-refractivity contribution is 0.100. The summed E-state index contributed by atoms with van der Waals surface area (Å²) in [5.74, 6) is -0.646. The lowest BCUT2D eigenvalue weighted by Crippen LogP contribution is -2.10. The molecule has 0 spiro atoms. The molecule has 3 heterocycles. The van der Waals surface area contributed by atoms with Gasteiger partial charge in [-0.3, -0.25) is 4.79 Å². The van der Waals surface area contributed by atoms with Crippen LogP contribution in [0.25, 0.3) is 22.4 Å². The molecule has 6 nitrogen and oxygen atoms in total. The van der Waals surface area contributed by atoms with E-state index >= 15 is 0 Å². The number of halogens is 2. The van der Waals surface area contributed by atoms with Crippen LogP contribution in [0.2, 0.25) is 5.02 Å². The fourth-order valence-corrected chi connectivity index (χ4v) is 2.96. The summed E-state index contributed by atoms with van der Waals surface area (Å²) in [4.78, 5) is 26.9. The van der Waals surface area contributed by atoms with E-state index in [9.17, 15) is 9.18 Å². The van der Waals surface area contributed by atoms with Crippen LogP contribution in [-0.4, -0.2) is 25.8 Å². The maximum atomic E-state index is 14.2. The van der Waals surface area contributed by atoms with Crippen molar-refractivity contribution in [2.45, 2.75) is 6.42 Å². The minimum absolute atomic E-state index is 0.246. The zero-order valence-electron chi connectivity index (χ0n) is 13.9. The van der Waals surface area contributed by atoms with Gasteiger partial charge in [-0.15, -0.1) is 0 Å². The van der Waals surface area contributed by atoms with Gasteiger partial charge in [0.25, 0.3) is 0 Å². The molecule has 0 bridgehead atoms. The van der Waals surface area contributed by atoms with Crippen molar-refractivity contribution >= 4 is 28.5 Å². The van der Waals surface area contributed by atoms with Gasteiger partial charge in [0.1, 0.15) is 5.65 Å². The number of H-pyrrole nitrogens is 1. The van der Waals surface area contributed by atoms with E-state index in [0.29, 0.717) is 27.6 Å². The first-order valence-electron chi connectivity index (χ1n) is 8.04. The first kappa shape index (κ1) is 17.1. The monoisotopic (exact) mass is 381 g/mol. The van der Waals surface area contributed by atoms with Crippen LogP contribution in [0.3, 0.4) is 0 Å². The second kappa shape index (κ2) is 6.77. The topological polar surface area (TPSA) is 97.6 Å². The molecular weight excluding hydrogens is 369 g/mol. The normalized spacial score (nSPS) is 11.0. The van der Waals surface area contributed by atoms with Crippen molar-refractivity contribution in [2.75, 3.05) is 0 Å². The van der Waals surface area contributed by atoms with Gasteiger partial charge < -0.3 is 10.7 Å². The molecule has 3 aromatic heterocycles. The maximum absolute atomic E-state index is 14.2. The fourth-order valence-electron chi connectivity index (χ4n) is 2.80. The third kappa shape index (κ3) is 3.37. The molecule has 4 rings (SSSR count). The molecule has 134 valence electrons. The Hall–Kier alpha value is -3.32.